The first-order valence-corrected chi connectivity index (χ1v) is 7.61. The van der Waals surface area contributed by atoms with E-state index in [-0.39, 0.29) is 11.9 Å². The first kappa shape index (κ1) is 15.0. The molecule has 0 unspecified atom stereocenters. The number of aryl methyl sites for hydroxylation is 1. The Morgan fingerprint density at radius 1 is 1.40 bits per heavy atom. The molecule has 0 radical (unpaired) electrons. The zero-order valence-electron chi connectivity index (χ0n) is 12.9. The van der Waals surface area contributed by atoms with E-state index >= 15 is 0 Å². The van der Waals surface area contributed by atoms with E-state index < -0.39 is 0 Å². The zero-order chi connectivity index (χ0) is 14.5. The summed E-state index contributed by atoms with van der Waals surface area (Å²) in [7, 11) is 4.28. The number of amides is 1. The largest absolute Gasteiger partial charge is 0.335 e. The van der Waals surface area contributed by atoms with Crippen molar-refractivity contribution in [2.75, 3.05) is 38.6 Å². The highest BCUT2D eigenvalue weighted by Gasteiger charge is 2.27. The van der Waals surface area contributed by atoms with Gasteiger partial charge in [-0.2, -0.15) is 0 Å². The van der Waals surface area contributed by atoms with Crippen LogP contribution in [0, 0.1) is 0 Å². The van der Waals surface area contributed by atoms with Crippen LogP contribution in [0.3, 0.4) is 0 Å². The smallest absolute Gasteiger partial charge is 0.284 e. The van der Waals surface area contributed by atoms with Gasteiger partial charge in [0.05, 0.1) is 14.1 Å². The first-order valence-electron chi connectivity index (χ1n) is 7.61. The van der Waals surface area contributed by atoms with Crippen molar-refractivity contribution in [1.29, 1.82) is 0 Å². The summed E-state index contributed by atoms with van der Waals surface area (Å²) in [5, 5.41) is 2.16. The Kier molecular flexibility index (Phi) is 5.15. The minimum atomic E-state index is 0.000469. The van der Waals surface area contributed by atoms with Crippen LogP contribution in [-0.4, -0.2) is 45.7 Å². The average Bonchev–Trinajstić information content (AvgIpc) is 2.45. The van der Waals surface area contributed by atoms with Crippen molar-refractivity contribution in [3.63, 3.8) is 0 Å². The number of nitrogens with zero attached hydrogens (tertiary/aromatic N) is 1. The minimum Gasteiger partial charge on any atom is -0.335 e. The fraction of sp³-hybridized carbons (Fsp3) is 0.562. The number of carbonyl (C=O) groups is 1. The van der Waals surface area contributed by atoms with E-state index in [4.69, 9.17) is 0 Å². The second-order valence-electron chi connectivity index (χ2n) is 5.99. The predicted molar refractivity (Wildman–Crippen MR) is 81.0 cm³/mol. The van der Waals surface area contributed by atoms with Crippen molar-refractivity contribution in [3.05, 3.63) is 29.8 Å². The van der Waals surface area contributed by atoms with Crippen LogP contribution in [-0.2, 0) is 11.2 Å². The second-order valence-corrected chi connectivity index (χ2v) is 5.99. The van der Waals surface area contributed by atoms with Crippen LogP contribution in [0.1, 0.15) is 18.9 Å². The van der Waals surface area contributed by atoms with Crippen molar-refractivity contribution in [2.45, 2.75) is 25.8 Å². The standard InChI is InChI=1S/C16H25N3O/c1-13(17-10-12-18(2)3)16(20)19-11-6-8-14-7-4-5-9-15(14)19/h4-5,7,9,13,17H,6,8,10-12H2,1-3H3/p+2/t13-/m0/s1. The van der Waals surface area contributed by atoms with Gasteiger partial charge in [-0.1, -0.05) is 18.2 Å². The normalized spacial score (nSPS) is 16.1. The van der Waals surface area contributed by atoms with Gasteiger partial charge in [0.25, 0.3) is 5.91 Å². The molecule has 1 aromatic rings. The van der Waals surface area contributed by atoms with E-state index in [0.717, 1.165) is 38.2 Å². The lowest BCUT2D eigenvalue weighted by molar-refractivity contribution is -0.875. The molecule has 2 rings (SSSR count). The lowest BCUT2D eigenvalue weighted by atomic mass is 10.0. The maximum absolute atomic E-state index is 12.6. The Balaban J connectivity index is 1.99. The SMILES string of the molecule is C[C@H]([NH2+]CC[NH+](C)C)C(=O)N1CCCc2ccccc21. The molecule has 0 aliphatic carbocycles. The third kappa shape index (κ3) is 3.58. The molecule has 0 saturated heterocycles. The van der Waals surface area contributed by atoms with Gasteiger partial charge in [0.1, 0.15) is 13.1 Å². The third-order valence-electron chi connectivity index (χ3n) is 3.93. The summed E-state index contributed by atoms with van der Waals surface area (Å²) in [5.41, 5.74) is 2.42. The number of nitrogens with one attached hydrogen (secondary N) is 1. The Hall–Kier alpha value is -1.39. The van der Waals surface area contributed by atoms with Crippen LogP contribution in [0.15, 0.2) is 24.3 Å². The van der Waals surface area contributed by atoms with E-state index in [1.54, 1.807) is 0 Å². The van der Waals surface area contributed by atoms with E-state index in [1.165, 1.54) is 10.5 Å². The number of quaternary nitrogens is 2. The van der Waals surface area contributed by atoms with E-state index in [0.29, 0.717) is 0 Å². The summed E-state index contributed by atoms with van der Waals surface area (Å²) in [6.07, 6.45) is 2.15. The Labute approximate surface area is 121 Å². The van der Waals surface area contributed by atoms with Gasteiger partial charge in [-0.25, -0.2) is 0 Å². The summed E-state index contributed by atoms with van der Waals surface area (Å²) in [6, 6.07) is 8.29. The lowest BCUT2D eigenvalue weighted by Crippen LogP contribution is -3.10. The number of nitrogens with two attached hydrogens (primary N) is 1. The number of rotatable bonds is 5. The molecule has 0 aromatic heterocycles. The minimum absolute atomic E-state index is 0.000469. The summed E-state index contributed by atoms with van der Waals surface area (Å²) < 4.78 is 0. The highest BCUT2D eigenvalue weighted by atomic mass is 16.2. The molecule has 4 heteroatoms. The molecule has 0 fully saturated rings. The third-order valence-corrected chi connectivity index (χ3v) is 3.93. The predicted octanol–water partition coefficient (Wildman–Crippen LogP) is -0.938. The van der Waals surface area contributed by atoms with Gasteiger partial charge in [0, 0.05) is 12.2 Å². The number of para-hydroxylation sites is 1. The highest BCUT2D eigenvalue weighted by molar-refractivity contribution is 5.97. The van der Waals surface area contributed by atoms with Crippen LogP contribution in [0.4, 0.5) is 5.69 Å². The van der Waals surface area contributed by atoms with Gasteiger partial charge in [0.15, 0.2) is 6.04 Å². The summed E-state index contributed by atoms with van der Waals surface area (Å²) in [4.78, 5) is 16.0. The van der Waals surface area contributed by atoms with Gasteiger partial charge >= 0.3 is 0 Å². The molecular formula is C16H27N3O+2. The molecule has 1 heterocycles. The molecule has 1 amide bonds. The summed E-state index contributed by atoms with van der Waals surface area (Å²) >= 11 is 0. The van der Waals surface area contributed by atoms with Crippen LogP contribution < -0.4 is 15.1 Å². The molecule has 1 aromatic carbocycles. The average molecular weight is 277 g/mol. The first-order chi connectivity index (χ1) is 9.59. The second kappa shape index (κ2) is 6.86. The molecule has 110 valence electrons. The number of carbonyl (C=O) groups excluding carboxylic acids is 1. The molecule has 3 N–H and O–H groups in total. The molecule has 0 spiro atoms. The van der Waals surface area contributed by atoms with Crippen molar-refractivity contribution in [2.24, 2.45) is 0 Å². The monoisotopic (exact) mass is 277 g/mol. The molecule has 0 bridgehead atoms. The Morgan fingerprint density at radius 3 is 2.90 bits per heavy atom. The van der Waals surface area contributed by atoms with Crippen LogP contribution in [0.2, 0.25) is 0 Å². The summed E-state index contributed by atoms with van der Waals surface area (Å²) in [6.45, 7) is 4.94. The maximum atomic E-state index is 12.6. The number of hydrogen-bond donors (Lipinski definition) is 2. The molecule has 1 aliphatic rings. The summed E-state index contributed by atoms with van der Waals surface area (Å²) in [5.74, 6) is 0.242. The van der Waals surface area contributed by atoms with Crippen molar-refractivity contribution in [3.8, 4) is 0 Å². The number of likely N-dealkylation sites (N-methyl/N-ethyl adjacent to an activating group) is 1. The number of hydrogen-bond acceptors (Lipinski definition) is 1. The van der Waals surface area contributed by atoms with Gasteiger partial charge in [0.2, 0.25) is 0 Å². The van der Waals surface area contributed by atoms with Gasteiger partial charge < -0.3 is 15.1 Å². The number of anilines is 1. The van der Waals surface area contributed by atoms with E-state index in [2.05, 4.69) is 37.6 Å². The quantitative estimate of drug-likeness (QED) is 0.717. The zero-order valence-corrected chi connectivity index (χ0v) is 12.9. The molecule has 1 atom stereocenters. The van der Waals surface area contributed by atoms with Gasteiger partial charge in [-0.05, 0) is 31.4 Å². The van der Waals surface area contributed by atoms with E-state index in [9.17, 15) is 4.79 Å². The van der Waals surface area contributed by atoms with Crippen LogP contribution >= 0.6 is 0 Å². The molecule has 4 nitrogen and oxygen atoms in total. The lowest BCUT2D eigenvalue weighted by Gasteiger charge is -2.30. The van der Waals surface area contributed by atoms with Gasteiger partial charge in [-0.15, -0.1) is 0 Å². The Bertz CT molecular complexity index is 459. The fourth-order valence-corrected chi connectivity index (χ4v) is 2.73. The van der Waals surface area contributed by atoms with Crippen molar-refractivity contribution < 1.29 is 15.0 Å². The molecule has 0 saturated carbocycles. The van der Waals surface area contributed by atoms with Crippen molar-refractivity contribution >= 4 is 11.6 Å². The number of benzene rings is 1. The van der Waals surface area contributed by atoms with Crippen molar-refractivity contribution in [1.82, 2.24) is 0 Å². The molecule has 1 aliphatic heterocycles. The van der Waals surface area contributed by atoms with Crippen LogP contribution in [0.25, 0.3) is 0 Å². The molecular weight excluding hydrogens is 250 g/mol. The number of fused-ring (bicyclic) bond motifs is 1. The highest BCUT2D eigenvalue weighted by Crippen LogP contribution is 2.26. The maximum Gasteiger partial charge on any atom is 0.284 e. The topological polar surface area (TPSA) is 41.4 Å². The fourth-order valence-electron chi connectivity index (χ4n) is 2.73. The van der Waals surface area contributed by atoms with Crippen LogP contribution in [0.5, 0.6) is 0 Å². The molecule has 20 heavy (non-hydrogen) atoms. The van der Waals surface area contributed by atoms with E-state index in [1.807, 2.05) is 17.9 Å². The Morgan fingerprint density at radius 2 is 2.15 bits per heavy atom. The van der Waals surface area contributed by atoms with Gasteiger partial charge in [-0.3, -0.25) is 4.79 Å².